The Kier molecular flexibility index (Phi) is 3.39. The zero-order valence-corrected chi connectivity index (χ0v) is 11.4. The SMILES string of the molecule is O=C(N1CCOCC1)C1(c2cccs2)CCCC1. The molecule has 1 saturated carbocycles. The first kappa shape index (κ1) is 12.2. The summed E-state index contributed by atoms with van der Waals surface area (Å²) >= 11 is 1.73. The van der Waals surface area contributed by atoms with Crippen molar-refractivity contribution in [3.8, 4) is 0 Å². The second kappa shape index (κ2) is 5.02. The quantitative estimate of drug-likeness (QED) is 0.822. The highest BCUT2D eigenvalue weighted by molar-refractivity contribution is 7.10. The number of carbonyl (C=O) groups excluding carboxylic acids is 1. The van der Waals surface area contributed by atoms with E-state index in [1.54, 1.807) is 11.3 Å². The van der Waals surface area contributed by atoms with Crippen LogP contribution in [0.3, 0.4) is 0 Å². The summed E-state index contributed by atoms with van der Waals surface area (Å²) in [6.07, 6.45) is 4.38. The average Bonchev–Trinajstić information content (AvgIpc) is 3.10. The van der Waals surface area contributed by atoms with E-state index in [1.807, 2.05) is 4.90 Å². The normalized spacial score (nSPS) is 23.2. The molecule has 1 aliphatic carbocycles. The van der Waals surface area contributed by atoms with Gasteiger partial charge in [-0.15, -0.1) is 11.3 Å². The molecule has 0 spiro atoms. The first-order valence-electron chi connectivity index (χ1n) is 6.74. The Balaban J connectivity index is 1.87. The molecule has 3 nitrogen and oxygen atoms in total. The van der Waals surface area contributed by atoms with Gasteiger partial charge in [-0.25, -0.2) is 0 Å². The number of rotatable bonds is 2. The van der Waals surface area contributed by atoms with Gasteiger partial charge >= 0.3 is 0 Å². The summed E-state index contributed by atoms with van der Waals surface area (Å²) in [4.78, 5) is 16.2. The van der Waals surface area contributed by atoms with Gasteiger partial charge in [0.15, 0.2) is 0 Å². The lowest BCUT2D eigenvalue weighted by atomic mass is 9.82. The van der Waals surface area contributed by atoms with Gasteiger partial charge in [0.25, 0.3) is 0 Å². The molecule has 2 aliphatic rings. The van der Waals surface area contributed by atoms with E-state index >= 15 is 0 Å². The van der Waals surface area contributed by atoms with Crippen LogP contribution < -0.4 is 0 Å². The molecule has 1 aliphatic heterocycles. The Morgan fingerprint density at radius 1 is 1.28 bits per heavy atom. The van der Waals surface area contributed by atoms with Crippen molar-refractivity contribution in [1.82, 2.24) is 4.90 Å². The van der Waals surface area contributed by atoms with Gasteiger partial charge < -0.3 is 9.64 Å². The van der Waals surface area contributed by atoms with Gasteiger partial charge in [-0.05, 0) is 24.3 Å². The lowest BCUT2D eigenvalue weighted by molar-refractivity contribution is -0.141. The van der Waals surface area contributed by atoms with Crippen LogP contribution in [0.1, 0.15) is 30.6 Å². The van der Waals surface area contributed by atoms with Crippen LogP contribution in [0.25, 0.3) is 0 Å². The fraction of sp³-hybridized carbons (Fsp3) is 0.643. The summed E-state index contributed by atoms with van der Waals surface area (Å²) in [5.41, 5.74) is -0.217. The van der Waals surface area contributed by atoms with Crippen LogP contribution in [-0.2, 0) is 14.9 Å². The first-order valence-corrected chi connectivity index (χ1v) is 7.62. The number of amides is 1. The molecule has 3 rings (SSSR count). The molecule has 1 amide bonds. The topological polar surface area (TPSA) is 29.5 Å². The summed E-state index contributed by atoms with van der Waals surface area (Å²) in [5.74, 6) is 0.339. The fourth-order valence-corrected chi connectivity index (χ4v) is 4.14. The highest BCUT2D eigenvalue weighted by atomic mass is 32.1. The van der Waals surface area contributed by atoms with Crippen LogP contribution in [0.4, 0.5) is 0 Å². The van der Waals surface area contributed by atoms with Crippen molar-refractivity contribution in [3.05, 3.63) is 22.4 Å². The summed E-state index contributed by atoms with van der Waals surface area (Å²) < 4.78 is 5.34. The van der Waals surface area contributed by atoms with Crippen LogP contribution in [-0.4, -0.2) is 37.1 Å². The minimum atomic E-state index is -0.217. The Morgan fingerprint density at radius 3 is 2.61 bits per heavy atom. The molecule has 98 valence electrons. The molecule has 0 aromatic carbocycles. The predicted octanol–water partition coefficient (Wildman–Crippen LogP) is 2.42. The zero-order chi connectivity index (χ0) is 12.4. The molecule has 0 radical (unpaired) electrons. The first-order chi connectivity index (χ1) is 8.83. The van der Waals surface area contributed by atoms with E-state index in [-0.39, 0.29) is 5.41 Å². The largest absolute Gasteiger partial charge is 0.378 e. The van der Waals surface area contributed by atoms with Crippen molar-refractivity contribution in [3.63, 3.8) is 0 Å². The van der Waals surface area contributed by atoms with E-state index in [0.29, 0.717) is 19.1 Å². The molecule has 2 heterocycles. The summed E-state index contributed by atoms with van der Waals surface area (Å²) in [6.45, 7) is 2.89. The monoisotopic (exact) mass is 265 g/mol. The number of nitrogens with zero attached hydrogens (tertiary/aromatic N) is 1. The van der Waals surface area contributed by atoms with Gasteiger partial charge in [-0.3, -0.25) is 4.79 Å². The number of hydrogen-bond acceptors (Lipinski definition) is 3. The molecule has 18 heavy (non-hydrogen) atoms. The highest BCUT2D eigenvalue weighted by Crippen LogP contribution is 2.44. The van der Waals surface area contributed by atoms with Gasteiger partial charge in [-0.2, -0.15) is 0 Å². The molecular formula is C14H19NO2S. The molecule has 0 unspecified atom stereocenters. The standard InChI is InChI=1S/C14H19NO2S/c16-13(15-7-9-17-10-8-15)14(5-1-2-6-14)12-4-3-11-18-12/h3-4,11H,1-2,5-10H2. The second-order valence-electron chi connectivity index (χ2n) is 5.17. The number of thiophene rings is 1. The summed E-state index contributed by atoms with van der Waals surface area (Å²) in [5, 5.41) is 2.09. The average molecular weight is 265 g/mol. The van der Waals surface area contributed by atoms with Crippen molar-refractivity contribution in [2.24, 2.45) is 0 Å². The third kappa shape index (κ3) is 1.97. The summed E-state index contributed by atoms with van der Waals surface area (Å²) in [7, 11) is 0. The van der Waals surface area contributed by atoms with E-state index in [0.717, 1.165) is 25.9 Å². The van der Waals surface area contributed by atoms with Gasteiger partial charge in [0.1, 0.15) is 0 Å². The molecule has 1 saturated heterocycles. The van der Waals surface area contributed by atoms with Crippen molar-refractivity contribution in [2.75, 3.05) is 26.3 Å². The minimum absolute atomic E-state index is 0.217. The summed E-state index contributed by atoms with van der Waals surface area (Å²) in [6, 6.07) is 4.20. The third-order valence-corrected chi connectivity index (χ3v) is 5.23. The van der Waals surface area contributed by atoms with E-state index in [2.05, 4.69) is 17.5 Å². The Labute approximate surface area is 112 Å². The lowest BCUT2D eigenvalue weighted by Crippen LogP contribution is -2.49. The van der Waals surface area contributed by atoms with Crippen molar-refractivity contribution >= 4 is 17.2 Å². The predicted molar refractivity (Wildman–Crippen MR) is 71.9 cm³/mol. The molecule has 1 aromatic heterocycles. The lowest BCUT2D eigenvalue weighted by Gasteiger charge is -2.35. The number of hydrogen-bond donors (Lipinski definition) is 0. The van der Waals surface area contributed by atoms with Crippen molar-refractivity contribution in [1.29, 1.82) is 0 Å². The molecule has 0 N–H and O–H groups in total. The highest BCUT2D eigenvalue weighted by Gasteiger charge is 2.45. The molecule has 0 bridgehead atoms. The van der Waals surface area contributed by atoms with Crippen LogP contribution in [0.2, 0.25) is 0 Å². The van der Waals surface area contributed by atoms with E-state index in [9.17, 15) is 4.79 Å². The zero-order valence-electron chi connectivity index (χ0n) is 10.6. The Hall–Kier alpha value is -0.870. The second-order valence-corrected chi connectivity index (χ2v) is 6.12. The van der Waals surface area contributed by atoms with E-state index in [4.69, 9.17) is 4.74 Å². The maximum absolute atomic E-state index is 12.9. The number of morpholine rings is 1. The maximum Gasteiger partial charge on any atom is 0.234 e. The Morgan fingerprint density at radius 2 is 2.00 bits per heavy atom. The fourth-order valence-electron chi connectivity index (χ4n) is 3.16. The van der Waals surface area contributed by atoms with Crippen LogP contribution in [0.15, 0.2) is 17.5 Å². The van der Waals surface area contributed by atoms with Crippen molar-refractivity contribution < 1.29 is 9.53 Å². The third-order valence-electron chi connectivity index (χ3n) is 4.16. The number of ether oxygens (including phenoxy) is 1. The van der Waals surface area contributed by atoms with Gasteiger partial charge in [-0.1, -0.05) is 18.9 Å². The molecule has 2 fully saturated rings. The van der Waals surface area contributed by atoms with Crippen molar-refractivity contribution in [2.45, 2.75) is 31.1 Å². The Bertz CT molecular complexity index is 403. The van der Waals surface area contributed by atoms with Crippen LogP contribution in [0.5, 0.6) is 0 Å². The molecule has 4 heteroatoms. The van der Waals surface area contributed by atoms with Gasteiger partial charge in [0, 0.05) is 18.0 Å². The van der Waals surface area contributed by atoms with E-state index in [1.165, 1.54) is 17.7 Å². The maximum atomic E-state index is 12.9. The van der Waals surface area contributed by atoms with Crippen LogP contribution >= 0.6 is 11.3 Å². The minimum Gasteiger partial charge on any atom is -0.378 e. The van der Waals surface area contributed by atoms with E-state index < -0.39 is 0 Å². The number of carbonyl (C=O) groups is 1. The molecule has 0 atom stereocenters. The van der Waals surface area contributed by atoms with Gasteiger partial charge in [0.05, 0.1) is 18.6 Å². The van der Waals surface area contributed by atoms with Gasteiger partial charge in [0.2, 0.25) is 5.91 Å². The molecular weight excluding hydrogens is 246 g/mol. The van der Waals surface area contributed by atoms with Crippen LogP contribution in [0, 0.1) is 0 Å². The molecule has 1 aromatic rings. The smallest absolute Gasteiger partial charge is 0.234 e.